The van der Waals surface area contributed by atoms with Crippen molar-refractivity contribution in [1.82, 2.24) is 14.1 Å². The van der Waals surface area contributed by atoms with Gasteiger partial charge in [0.2, 0.25) is 15.9 Å². The van der Waals surface area contributed by atoms with Crippen molar-refractivity contribution in [2.24, 2.45) is 0 Å². The fraction of sp³-hybridized carbons (Fsp3) is 0.619. The lowest BCUT2D eigenvalue weighted by molar-refractivity contribution is -0.132. The maximum absolute atomic E-state index is 12.8. The quantitative estimate of drug-likeness (QED) is 0.704. The summed E-state index contributed by atoms with van der Waals surface area (Å²) in [5.74, 6) is 0.0177. The third-order valence-corrected chi connectivity index (χ3v) is 6.71. The number of benzene rings is 1. The summed E-state index contributed by atoms with van der Waals surface area (Å²) in [5.41, 5.74) is 0.477. The molecule has 0 bridgehead atoms. The average molecular weight is 440 g/mol. The standard InChI is InChI=1S/C21H33N3O5S/c1-16(2)17-7-9-18(10-8-17)30(27,28)22(6)15-19(25)23-11-13-24(14-12-23)20(26)29-21(3,4)5/h7-10,16H,11-15H2,1-6H3. The van der Waals surface area contributed by atoms with Crippen molar-refractivity contribution in [3.05, 3.63) is 29.8 Å². The highest BCUT2D eigenvalue weighted by atomic mass is 32.2. The van der Waals surface area contributed by atoms with Crippen molar-refractivity contribution in [2.45, 2.75) is 51.0 Å². The Morgan fingerprint density at radius 3 is 2.00 bits per heavy atom. The van der Waals surface area contributed by atoms with Gasteiger partial charge in [-0.3, -0.25) is 4.79 Å². The molecular formula is C21H33N3O5S. The summed E-state index contributed by atoms with van der Waals surface area (Å²) in [6.07, 6.45) is -0.404. The van der Waals surface area contributed by atoms with E-state index in [-0.39, 0.29) is 17.3 Å². The Balaban J connectivity index is 1.93. The van der Waals surface area contributed by atoms with E-state index in [1.54, 1.807) is 54.8 Å². The summed E-state index contributed by atoms with van der Waals surface area (Å²) in [5, 5.41) is 0. The molecule has 0 spiro atoms. The number of ether oxygens (including phenoxy) is 1. The van der Waals surface area contributed by atoms with Crippen LogP contribution < -0.4 is 0 Å². The number of carbonyl (C=O) groups is 2. The van der Waals surface area contributed by atoms with Crippen LogP contribution >= 0.6 is 0 Å². The lowest BCUT2D eigenvalue weighted by atomic mass is 10.0. The van der Waals surface area contributed by atoms with Gasteiger partial charge >= 0.3 is 6.09 Å². The van der Waals surface area contributed by atoms with E-state index in [4.69, 9.17) is 4.74 Å². The molecule has 168 valence electrons. The van der Waals surface area contributed by atoms with Crippen LogP contribution in [0.1, 0.15) is 46.1 Å². The summed E-state index contributed by atoms with van der Waals surface area (Å²) in [6.45, 7) is 10.6. The number of nitrogens with zero attached hydrogens (tertiary/aromatic N) is 3. The number of hydrogen-bond acceptors (Lipinski definition) is 5. The molecule has 9 heteroatoms. The van der Waals surface area contributed by atoms with Crippen LogP contribution in [0, 0.1) is 0 Å². The molecule has 0 aromatic heterocycles. The van der Waals surface area contributed by atoms with Gasteiger partial charge in [0.25, 0.3) is 0 Å². The number of likely N-dealkylation sites (N-methyl/N-ethyl adjacent to an activating group) is 1. The van der Waals surface area contributed by atoms with Crippen LogP contribution in [0.3, 0.4) is 0 Å². The van der Waals surface area contributed by atoms with E-state index in [1.807, 2.05) is 13.8 Å². The SMILES string of the molecule is CC(C)c1ccc(S(=O)(=O)N(C)CC(=O)N2CCN(C(=O)OC(C)(C)C)CC2)cc1. The molecule has 1 aromatic carbocycles. The minimum absolute atomic E-state index is 0.164. The van der Waals surface area contributed by atoms with E-state index < -0.39 is 21.7 Å². The molecule has 0 N–H and O–H groups in total. The first-order valence-corrected chi connectivity index (χ1v) is 11.6. The minimum atomic E-state index is -3.76. The van der Waals surface area contributed by atoms with Gasteiger partial charge in [-0.2, -0.15) is 4.31 Å². The minimum Gasteiger partial charge on any atom is -0.444 e. The monoisotopic (exact) mass is 439 g/mol. The second-order valence-corrected chi connectivity index (χ2v) is 10.9. The molecular weight excluding hydrogens is 406 g/mol. The largest absolute Gasteiger partial charge is 0.444 e. The zero-order valence-corrected chi connectivity index (χ0v) is 19.5. The molecule has 2 amide bonds. The summed E-state index contributed by atoms with van der Waals surface area (Å²) in [7, 11) is -2.36. The summed E-state index contributed by atoms with van der Waals surface area (Å²) in [4.78, 5) is 28.1. The molecule has 1 fully saturated rings. The van der Waals surface area contributed by atoms with Crippen LogP contribution in [-0.2, 0) is 19.6 Å². The Morgan fingerprint density at radius 1 is 1.03 bits per heavy atom. The fourth-order valence-electron chi connectivity index (χ4n) is 3.05. The lowest BCUT2D eigenvalue weighted by Crippen LogP contribution is -2.53. The van der Waals surface area contributed by atoms with Crippen LogP contribution in [-0.4, -0.2) is 79.9 Å². The maximum atomic E-state index is 12.8. The lowest BCUT2D eigenvalue weighted by Gasteiger charge is -2.36. The summed E-state index contributed by atoms with van der Waals surface area (Å²) >= 11 is 0. The summed E-state index contributed by atoms with van der Waals surface area (Å²) < 4.78 is 32.0. The van der Waals surface area contributed by atoms with Crippen molar-refractivity contribution in [2.75, 3.05) is 39.8 Å². The molecule has 1 aliphatic rings. The number of sulfonamides is 1. The normalized spacial score (nSPS) is 15.6. The third kappa shape index (κ3) is 6.18. The Kier molecular flexibility index (Phi) is 7.52. The predicted octanol–water partition coefficient (Wildman–Crippen LogP) is 2.51. The van der Waals surface area contributed by atoms with Crippen molar-refractivity contribution < 1.29 is 22.7 Å². The second kappa shape index (κ2) is 9.34. The highest BCUT2D eigenvalue weighted by Gasteiger charge is 2.30. The van der Waals surface area contributed by atoms with Crippen molar-refractivity contribution >= 4 is 22.0 Å². The van der Waals surface area contributed by atoms with Gasteiger partial charge in [-0.1, -0.05) is 26.0 Å². The van der Waals surface area contributed by atoms with Crippen LogP contribution in [0.4, 0.5) is 4.79 Å². The van der Waals surface area contributed by atoms with Gasteiger partial charge in [0.05, 0.1) is 11.4 Å². The van der Waals surface area contributed by atoms with Gasteiger partial charge < -0.3 is 14.5 Å². The van der Waals surface area contributed by atoms with Crippen molar-refractivity contribution in [1.29, 1.82) is 0 Å². The highest BCUT2D eigenvalue weighted by Crippen LogP contribution is 2.20. The molecule has 2 rings (SSSR count). The fourth-order valence-corrected chi connectivity index (χ4v) is 4.17. The Hall–Kier alpha value is -2.13. The first-order chi connectivity index (χ1) is 13.8. The summed E-state index contributed by atoms with van der Waals surface area (Å²) in [6, 6.07) is 6.74. The molecule has 8 nitrogen and oxygen atoms in total. The first-order valence-electron chi connectivity index (χ1n) is 10.1. The zero-order chi connectivity index (χ0) is 22.7. The van der Waals surface area contributed by atoms with E-state index in [0.717, 1.165) is 9.87 Å². The first kappa shape index (κ1) is 24.1. The molecule has 0 aliphatic carbocycles. The van der Waals surface area contributed by atoms with Crippen LogP contribution in [0.2, 0.25) is 0 Å². The van der Waals surface area contributed by atoms with Gasteiger partial charge in [0.1, 0.15) is 5.60 Å². The average Bonchev–Trinajstić information content (AvgIpc) is 2.66. The predicted molar refractivity (Wildman–Crippen MR) is 115 cm³/mol. The molecule has 1 saturated heterocycles. The number of piperazine rings is 1. The van der Waals surface area contributed by atoms with Crippen LogP contribution in [0.5, 0.6) is 0 Å². The Morgan fingerprint density at radius 2 is 1.53 bits per heavy atom. The van der Waals surface area contributed by atoms with Crippen molar-refractivity contribution in [3.63, 3.8) is 0 Å². The van der Waals surface area contributed by atoms with Crippen LogP contribution in [0.15, 0.2) is 29.2 Å². The third-order valence-electron chi connectivity index (χ3n) is 4.90. The Bertz CT molecular complexity index is 852. The van der Waals surface area contributed by atoms with Gasteiger partial charge in [0, 0.05) is 33.2 Å². The smallest absolute Gasteiger partial charge is 0.410 e. The molecule has 0 unspecified atom stereocenters. The van der Waals surface area contributed by atoms with Crippen LogP contribution in [0.25, 0.3) is 0 Å². The van der Waals surface area contributed by atoms with Gasteiger partial charge in [0.15, 0.2) is 0 Å². The molecule has 1 aliphatic heterocycles. The van der Waals surface area contributed by atoms with E-state index in [9.17, 15) is 18.0 Å². The van der Waals surface area contributed by atoms with Gasteiger partial charge in [-0.15, -0.1) is 0 Å². The van der Waals surface area contributed by atoms with Gasteiger partial charge in [-0.25, -0.2) is 13.2 Å². The number of amides is 2. The zero-order valence-electron chi connectivity index (χ0n) is 18.7. The Labute approximate surface area is 179 Å². The molecule has 0 saturated carbocycles. The van der Waals surface area contributed by atoms with E-state index in [2.05, 4.69) is 0 Å². The maximum Gasteiger partial charge on any atom is 0.410 e. The highest BCUT2D eigenvalue weighted by molar-refractivity contribution is 7.89. The van der Waals surface area contributed by atoms with E-state index >= 15 is 0 Å². The number of rotatable bonds is 5. The number of hydrogen-bond donors (Lipinski definition) is 0. The molecule has 1 aromatic rings. The topological polar surface area (TPSA) is 87.2 Å². The number of carbonyl (C=O) groups excluding carboxylic acids is 2. The molecule has 0 radical (unpaired) electrons. The van der Waals surface area contributed by atoms with E-state index in [1.165, 1.54) is 7.05 Å². The second-order valence-electron chi connectivity index (χ2n) is 8.83. The molecule has 0 atom stereocenters. The van der Waals surface area contributed by atoms with E-state index in [0.29, 0.717) is 32.1 Å². The van der Waals surface area contributed by atoms with Gasteiger partial charge in [-0.05, 0) is 44.4 Å². The molecule has 30 heavy (non-hydrogen) atoms. The van der Waals surface area contributed by atoms with Crippen molar-refractivity contribution in [3.8, 4) is 0 Å². The molecule has 1 heterocycles.